The predicted molar refractivity (Wildman–Crippen MR) is 107 cm³/mol. The minimum atomic E-state index is -0.500. The van der Waals surface area contributed by atoms with Gasteiger partial charge in [0.25, 0.3) is 5.91 Å². The monoisotopic (exact) mass is 398 g/mol. The van der Waals surface area contributed by atoms with Crippen LogP contribution in [0.1, 0.15) is 31.2 Å². The molecule has 0 saturated heterocycles. The van der Waals surface area contributed by atoms with Gasteiger partial charge in [0.1, 0.15) is 5.82 Å². The van der Waals surface area contributed by atoms with E-state index < -0.39 is 5.91 Å². The third kappa shape index (κ3) is 3.36. The van der Waals surface area contributed by atoms with E-state index in [1.54, 1.807) is 43.0 Å². The number of thiophene rings is 1. The van der Waals surface area contributed by atoms with E-state index in [2.05, 4.69) is 5.32 Å². The first-order valence-corrected chi connectivity index (χ1v) is 10.00. The molecule has 1 aliphatic rings. The standard InChI is InChI=1S/C20H15FN2O2S2/c1-10-6-13(3-4-14(10)19(22)24)23-20(25)17-7-11-9-26-16-5-2-12(21)8-15(16)18(11)27-17/h2-8H,9H2,1H3,(H2,22,24)(H,23,25). The van der Waals surface area contributed by atoms with Gasteiger partial charge in [0.15, 0.2) is 0 Å². The summed E-state index contributed by atoms with van der Waals surface area (Å²) in [5, 5.41) is 2.85. The van der Waals surface area contributed by atoms with Gasteiger partial charge in [-0.2, -0.15) is 0 Å². The number of hydrogen-bond donors (Lipinski definition) is 2. The van der Waals surface area contributed by atoms with Crippen LogP contribution < -0.4 is 11.1 Å². The fourth-order valence-electron chi connectivity index (χ4n) is 3.05. The maximum absolute atomic E-state index is 13.7. The van der Waals surface area contributed by atoms with Gasteiger partial charge in [0.2, 0.25) is 5.91 Å². The molecular weight excluding hydrogens is 383 g/mol. The van der Waals surface area contributed by atoms with Crippen LogP contribution in [0.15, 0.2) is 47.4 Å². The number of fused-ring (bicyclic) bond motifs is 3. The number of nitrogens with two attached hydrogens (primary N) is 1. The number of halogens is 1. The Kier molecular flexibility index (Phi) is 4.49. The lowest BCUT2D eigenvalue weighted by Crippen LogP contribution is -2.14. The third-order valence-corrected chi connectivity index (χ3v) is 6.68. The van der Waals surface area contributed by atoms with E-state index >= 15 is 0 Å². The summed E-state index contributed by atoms with van der Waals surface area (Å²) in [4.78, 5) is 26.5. The van der Waals surface area contributed by atoms with Gasteiger partial charge in [-0.05, 0) is 60.5 Å². The summed E-state index contributed by atoms with van der Waals surface area (Å²) in [5.41, 5.74) is 8.90. The van der Waals surface area contributed by atoms with Crippen LogP contribution in [0.2, 0.25) is 0 Å². The first kappa shape index (κ1) is 17.8. The van der Waals surface area contributed by atoms with Gasteiger partial charge in [-0.25, -0.2) is 4.39 Å². The topological polar surface area (TPSA) is 72.2 Å². The number of thioether (sulfide) groups is 1. The second kappa shape index (κ2) is 6.83. The summed E-state index contributed by atoms with van der Waals surface area (Å²) in [7, 11) is 0. The third-order valence-electron chi connectivity index (χ3n) is 4.35. The fourth-order valence-corrected chi connectivity index (χ4v) is 5.33. The zero-order chi connectivity index (χ0) is 19.1. The summed E-state index contributed by atoms with van der Waals surface area (Å²) in [5.74, 6) is -0.264. The molecule has 27 heavy (non-hydrogen) atoms. The second-order valence-corrected chi connectivity index (χ2v) is 8.31. The van der Waals surface area contributed by atoms with Crippen molar-refractivity contribution in [1.29, 1.82) is 0 Å². The molecule has 2 amide bonds. The van der Waals surface area contributed by atoms with E-state index in [-0.39, 0.29) is 11.7 Å². The first-order chi connectivity index (χ1) is 12.9. The van der Waals surface area contributed by atoms with Crippen molar-refractivity contribution in [3.63, 3.8) is 0 Å². The van der Waals surface area contributed by atoms with Crippen molar-refractivity contribution in [2.24, 2.45) is 5.73 Å². The van der Waals surface area contributed by atoms with Gasteiger partial charge >= 0.3 is 0 Å². The average Bonchev–Trinajstić information content (AvgIpc) is 3.06. The Hall–Kier alpha value is -2.64. The van der Waals surface area contributed by atoms with E-state index in [0.717, 1.165) is 26.7 Å². The Morgan fingerprint density at radius 3 is 2.70 bits per heavy atom. The Bertz CT molecular complexity index is 1090. The Balaban J connectivity index is 1.61. The molecule has 0 fully saturated rings. The van der Waals surface area contributed by atoms with Crippen LogP contribution in [0.25, 0.3) is 10.4 Å². The number of primary amides is 1. The van der Waals surface area contributed by atoms with Crippen LogP contribution >= 0.6 is 23.1 Å². The molecule has 0 aliphatic carbocycles. The number of aryl methyl sites for hydroxylation is 1. The predicted octanol–water partition coefficient (Wildman–Crippen LogP) is 4.82. The Morgan fingerprint density at radius 2 is 1.96 bits per heavy atom. The largest absolute Gasteiger partial charge is 0.366 e. The molecule has 3 N–H and O–H groups in total. The molecule has 0 unspecified atom stereocenters. The van der Waals surface area contributed by atoms with E-state index in [1.807, 2.05) is 6.07 Å². The van der Waals surface area contributed by atoms with Gasteiger partial charge in [-0.3, -0.25) is 9.59 Å². The number of carbonyl (C=O) groups is 2. The van der Waals surface area contributed by atoms with Gasteiger partial charge in [0.05, 0.1) is 4.88 Å². The molecule has 1 aromatic heterocycles. The van der Waals surface area contributed by atoms with Gasteiger partial charge in [-0.15, -0.1) is 23.1 Å². The molecule has 1 aliphatic heterocycles. The van der Waals surface area contributed by atoms with Crippen molar-refractivity contribution >= 4 is 40.6 Å². The molecule has 2 heterocycles. The lowest BCUT2D eigenvalue weighted by molar-refractivity contribution is 0.0998. The molecule has 0 spiro atoms. The van der Waals surface area contributed by atoms with Gasteiger partial charge in [-0.1, -0.05) is 0 Å². The Morgan fingerprint density at radius 1 is 1.15 bits per heavy atom. The number of benzene rings is 2. The van der Waals surface area contributed by atoms with Crippen LogP contribution in [0.4, 0.5) is 10.1 Å². The highest BCUT2D eigenvalue weighted by Crippen LogP contribution is 2.45. The SMILES string of the molecule is Cc1cc(NC(=O)c2cc3c(s2)-c2cc(F)ccc2SC3)ccc1C(N)=O. The number of amides is 2. The lowest BCUT2D eigenvalue weighted by Gasteiger charge is -2.15. The highest BCUT2D eigenvalue weighted by atomic mass is 32.2. The molecule has 3 aromatic rings. The van der Waals surface area contributed by atoms with Crippen molar-refractivity contribution in [3.8, 4) is 10.4 Å². The molecule has 0 bridgehead atoms. The summed E-state index contributed by atoms with van der Waals surface area (Å²) in [6, 6.07) is 11.6. The minimum Gasteiger partial charge on any atom is -0.366 e. The van der Waals surface area contributed by atoms with E-state index in [9.17, 15) is 14.0 Å². The number of rotatable bonds is 3. The molecule has 4 rings (SSSR count). The number of anilines is 1. The fraction of sp³-hybridized carbons (Fsp3) is 0.100. The second-order valence-electron chi connectivity index (χ2n) is 6.24. The quantitative estimate of drug-likeness (QED) is 0.664. The van der Waals surface area contributed by atoms with Crippen molar-refractivity contribution < 1.29 is 14.0 Å². The Labute approximate surface area is 163 Å². The maximum atomic E-state index is 13.7. The van der Waals surface area contributed by atoms with Crippen molar-refractivity contribution in [3.05, 3.63) is 69.8 Å². The average molecular weight is 398 g/mol. The minimum absolute atomic E-state index is 0.233. The summed E-state index contributed by atoms with van der Waals surface area (Å²) >= 11 is 3.00. The molecule has 7 heteroatoms. The highest BCUT2D eigenvalue weighted by Gasteiger charge is 2.22. The first-order valence-electron chi connectivity index (χ1n) is 8.19. The van der Waals surface area contributed by atoms with Crippen LogP contribution in [-0.2, 0) is 5.75 Å². The van der Waals surface area contributed by atoms with Crippen LogP contribution in [-0.4, -0.2) is 11.8 Å². The van der Waals surface area contributed by atoms with E-state index in [0.29, 0.717) is 21.7 Å². The zero-order valence-electron chi connectivity index (χ0n) is 14.3. The van der Waals surface area contributed by atoms with Crippen molar-refractivity contribution in [1.82, 2.24) is 0 Å². The van der Waals surface area contributed by atoms with Gasteiger partial charge < -0.3 is 11.1 Å². The maximum Gasteiger partial charge on any atom is 0.265 e. The molecule has 0 saturated carbocycles. The lowest BCUT2D eigenvalue weighted by atomic mass is 10.1. The van der Waals surface area contributed by atoms with E-state index in [1.165, 1.54) is 23.5 Å². The molecule has 4 nitrogen and oxygen atoms in total. The van der Waals surface area contributed by atoms with Crippen LogP contribution in [0.3, 0.4) is 0 Å². The smallest absolute Gasteiger partial charge is 0.265 e. The molecule has 0 atom stereocenters. The van der Waals surface area contributed by atoms with Crippen LogP contribution in [0, 0.1) is 12.7 Å². The van der Waals surface area contributed by atoms with Gasteiger partial charge in [0, 0.05) is 32.3 Å². The van der Waals surface area contributed by atoms with Crippen LogP contribution in [0.5, 0.6) is 0 Å². The molecule has 0 radical (unpaired) electrons. The number of nitrogens with one attached hydrogen (secondary N) is 1. The van der Waals surface area contributed by atoms with Crippen molar-refractivity contribution in [2.75, 3.05) is 5.32 Å². The molecule has 136 valence electrons. The van der Waals surface area contributed by atoms with E-state index in [4.69, 9.17) is 5.73 Å². The highest BCUT2D eigenvalue weighted by molar-refractivity contribution is 7.98. The number of hydrogen-bond acceptors (Lipinski definition) is 4. The normalized spacial score (nSPS) is 12.2. The molecular formula is C20H15FN2O2S2. The summed E-state index contributed by atoms with van der Waals surface area (Å²) < 4.78 is 13.7. The number of carbonyl (C=O) groups excluding carboxylic acids is 2. The molecule has 2 aromatic carbocycles. The van der Waals surface area contributed by atoms with Crippen molar-refractivity contribution in [2.45, 2.75) is 17.6 Å². The zero-order valence-corrected chi connectivity index (χ0v) is 16.0. The summed E-state index contributed by atoms with van der Waals surface area (Å²) in [6.45, 7) is 1.77. The summed E-state index contributed by atoms with van der Waals surface area (Å²) in [6.07, 6.45) is 0.